The smallest absolute Gasteiger partial charge is 0.256 e. The van der Waals surface area contributed by atoms with Crippen LogP contribution in [-0.2, 0) is 0 Å². The van der Waals surface area contributed by atoms with Gasteiger partial charge in [0.1, 0.15) is 0 Å². The van der Waals surface area contributed by atoms with Gasteiger partial charge in [0.05, 0.1) is 0 Å². The Balaban J connectivity index is 2.55. The molecule has 0 spiro atoms. The van der Waals surface area contributed by atoms with Crippen molar-refractivity contribution in [2.24, 2.45) is 0 Å². The molecule has 0 atom stereocenters. The number of benzene rings is 1. The molecule has 0 aliphatic heterocycles. The zero-order chi connectivity index (χ0) is 10.1. The second kappa shape index (κ2) is 3.14. The van der Waals surface area contributed by atoms with Gasteiger partial charge >= 0.3 is 0 Å². The van der Waals surface area contributed by atoms with E-state index in [2.05, 4.69) is 6.58 Å². The van der Waals surface area contributed by atoms with E-state index in [0.717, 1.165) is 10.8 Å². The first-order valence-corrected chi connectivity index (χ1v) is 4.45. The van der Waals surface area contributed by atoms with Crippen molar-refractivity contribution in [2.75, 3.05) is 0 Å². The largest absolute Gasteiger partial charge is 0.290 e. The number of carbonyl (C=O) groups is 1. The van der Waals surface area contributed by atoms with Crippen molar-refractivity contribution in [3.05, 3.63) is 48.8 Å². The molecule has 1 aromatic carbocycles. The molecule has 0 unspecified atom stereocenters. The summed E-state index contributed by atoms with van der Waals surface area (Å²) < 4.78 is 1.58. The zero-order valence-corrected chi connectivity index (χ0v) is 8.03. The molecular formula is C12H11NO. The lowest BCUT2D eigenvalue weighted by atomic mass is 10.2. The first-order chi connectivity index (χ1) is 6.68. The van der Waals surface area contributed by atoms with Crippen molar-refractivity contribution in [1.82, 2.24) is 4.57 Å². The molecule has 0 fully saturated rings. The minimum Gasteiger partial charge on any atom is -0.290 e. The standard InChI is InChI=1S/C12H11NO/c1-9(2)12(14)13-7-10-5-3-4-6-11(10)8-13/h3-8H,1H2,2H3. The summed E-state index contributed by atoms with van der Waals surface area (Å²) in [4.78, 5) is 11.6. The van der Waals surface area contributed by atoms with Gasteiger partial charge < -0.3 is 0 Å². The number of fused-ring (bicyclic) bond motifs is 1. The molecule has 1 aromatic heterocycles. The van der Waals surface area contributed by atoms with Crippen LogP contribution >= 0.6 is 0 Å². The van der Waals surface area contributed by atoms with Gasteiger partial charge in [0.25, 0.3) is 5.91 Å². The van der Waals surface area contributed by atoms with Crippen LogP contribution in [0.5, 0.6) is 0 Å². The predicted molar refractivity (Wildman–Crippen MR) is 57.4 cm³/mol. The molecule has 0 bridgehead atoms. The van der Waals surface area contributed by atoms with Crippen LogP contribution in [0.4, 0.5) is 0 Å². The Bertz CT molecular complexity index is 475. The van der Waals surface area contributed by atoms with E-state index in [9.17, 15) is 4.79 Å². The van der Waals surface area contributed by atoms with E-state index >= 15 is 0 Å². The summed E-state index contributed by atoms with van der Waals surface area (Å²) in [5.41, 5.74) is 0.547. The molecule has 0 N–H and O–H groups in total. The van der Waals surface area contributed by atoms with E-state index in [4.69, 9.17) is 0 Å². The Hall–Kier alpha value is -1.83. The van der Waals surface area contributed by atoms with Gasteiger partial charge in [-0.25, -0.2) is 0 Å². The highest BCUT2D eigenvalue weighted by atomic mass is 16.2. The van der Waals surface area contributed by atoms with Crippen LogP contribution in [0.25, 0.3) is 10.8 Å². The molecule has 14 heavy (non-hydrogen) atoms. The Labute approximate surface area is 82.5 Å². The fraction of sp³-hybridized carbons (Fsp3) is 0.0833. The maximum atomic E-state index is 11.6. The lowest BCUT2D eigenvalue weighted by Crippen LogP contribution is -2.07. The molecule has 0 saturated heterocycles. The van der Waals surface area contributed by atoms with Gasteiger partial charge in [-0.05, 0) is 17.7 Å². The highest BCUT2D eigenvalue weighted by molar-refractivity contribution is 5.97. The number of hydrogen-bond donors (Lipinski definition) is 0. The summed E-state index contributed by atoms with van der Waals surface area (Å²) in [5.74, 6) is -0.0544. The molecule has 0 radical (unpaired) electrons. The quantitative estimate of drug-likeness (QED) is 0.626. The van der Waals surface area contributed by atoms with Crippen molar-refractivity contribution >= 4 is 16.7 Å². The van der Waals surface area contributed by atoms with E-state index in [1.54, 1.807) is 11.5 Å². The Morgan fingerprint density at radius 2 is 1.71 bits per heavy atom. The Kier molecular flexibility index (Phi) is 1.97. The molecule has 2 rings (SSSR count). The van der Waals surface area contributed by atoms with Crippen molar-refractivity contribution in [2.45, 2.75) is 6.92 Å². The minimum atomic E-state index is -0.0544. The molecule has 0 aliphatic carbocycles. The van der Waals surface area contributed by atoms with Crippen LogP contribution in [0.15, 0.2) is 48.8 Å². The van der Waals surface area contributed by atoms with Gasteiger partial charge in [0, 0.05) is 18.0 Å². The van der Waals surface area contributed by atoms with E-state index < -0.39 is 0 Å². The fourth-order valence-electron chi connectivity index (χ4n) is 1.42. The summed E-state index contributed by atoms with van der Waals surface area (Å²) in [6.07, 6.45) is 3.65. The van der Waals surface area contributed by atoms with Gasteiger partial charge in [-0.15, -0.1) is 0 Å². The van der Waals surface area contributed by atoms with Gasteiger partial charge in [0.15, 0.2) is 0 Å². The highest BCUT2D eigenvalue weighted by Crippen LogP contribution is 2.15. The van der Waals surface area contributed by atoms with Crippen molar-refractivity contribution in [3.63, 3.8) is 0 Å². The first-order valence-electron chi connectivity index (χ1n) is 4.45. The average Bonchev–Trinajstić information content (AvgIpc) is 2.59. The van der Waals surface area contributed by atoms with Gasteiger partial charge in [0.2, 0.25) is 0 Å². The van der Waals surface area contributed by atoms with Gasteiger partial charge in [-0.1, -0.05) is 30.8 Å². The van der Waals surface area contributed by atoms with Gasteiger partial charge in [-0.2, -0.15) is 0 Å². The molecule has 2 nitrogen and oxygen atoms in total. The average molecular weight is 185 g/mol. The maximum Gasteiger partial charge on any atom is 0.256 e. The summed E-state index contributed by atoms with van der Waals surface area (Å²) in [6, 6.07) is 7.88. The molecular weight excluding hydrogens is 174 g/mol. The topological polar surface area (TPSA) is 22.0 Å². The summed E-state index contributed by atoms with van der Waals surface area (Å²) in [7, 11) is 0. The van der Waals surface area contributed by atoms with Crippen molar-refractivity contribution in [3.8, 4) is 0 Å². The van der Waals surface area contributed by atoms with Gasteiger partial charge in [-0.3, -0.25) is 9.36 Å². The molecule has 70 valence electrons. The number of allylic oxidation sites excluding steroid dienone is 1. The minimum absolute atomic E-state index is 0.0544. The lowest BCUT2D eigenvalue weighted by molar-refractivity contribution is 0.0956. The third-order valence-corrected chi connectivity index (χ3v) is 2.15. The molecule has 1 heterocycles. The van der Waals surface area contributed by atoms with E-state index in [1.807, 2.05) is 36.7 Å². The molecule has 2 heteroatoms. The van der Waals surface area contributed by atoms with E-state index in [-0.39, 0.29) is 5.91 Å². The maximum absolute atomic E-state index is 11.6. The molecule has 0 amide bonds. The Morgan fingerprint density at radius 1 is 1.21 bits per heavy atom. The third kappa shape index (κ3) is 1.35. The summed E-state index contributed by atoms with van der Waals surface area (Å²) in [5, 5.41) is 2.14. The fourth-order valence-corrected chi connectivity index (χ4v) is 1.42. The number of hydrogen-bond acceptors (Lipinski definition) is 1. The highest BCUT2D eigenvalue weighted by Gasteiger charge is 2.05. The normalized spacial score (nSPS) is 10.4. The van der Waals surface area contributed by atoms with Crippen molar-refractivity contribution < 1.29 is 4.79 Å². The number of rotatable bonds is 1. The van der Waals surface area contributed by atoms with E-state index in [1.165, 1.54) is 0 Å². The monoisotopic (exact) mass is 185 g/mol. The predicted octanol–water partition coefficient (Wildman–Crippen LogP) is 2.86. The van der Waals surface area contributed by atoms with E-state index in [0.29, 0.717) is 5.57 Å². The van der Waals surface area contributed by atoms with Crippen LogP contribution in [0.3, 0.4) is 0 Å². The molecule has 2 aromatic rings. The summed E-state index contributed by atoms with van der Waals surface area (Å²) >= 11 is 0. The van der Waals surface area contributed by atoms with Crippen LogP contribution in [0, 0.1) is 0 Å². The molecule has 0 aliphatic rings. The third-order valence-electron chi connectivity index (χ3n) is 2.15. The van der Waals surface area contributed by atoms with Crippen LogP contribution in [-0.4, -0.2) is 10.5 Å². The second-order valence-corrected chi connectivity index (χ2v) is 3.38. The summed E-state index contributed by atoms with van der Waals surface area (Å²) in [6.45, 7) is 5.35. The lowest BCUT2D eigenvalue weighted by Gasteiger charge is -1.97. The van der Waals surface area contributed by atoms with Crippen LogP contribution < -0.4 is 0 Å². The SMILES string of the molecule is C=C(C)C(=O)n1cc2ccccc2c1. The number of carbonyl (C=O) groups excluding carboxylic acids is 1. The first kappa shape index (κ1) is 8.75. The Morgan fingerprint density at radius 3 is 2.14 bits per heavy atom. The van der Waals surface area contributed by atoms with Crippen LogP contribution in [0.2, 0.25) is 0 Å². The van der Waals surface area contributed by atoms with Crippen LogP contribution in [0.1, 0.15) is 11.7 Å². The molecule has 0 saturated carbocycles. The number of aromatic nitrogens is 1. The number of nitrogens with zero attached hydrogens (tertiary/aromatic N) is 1. The zero-order valence-electron chi connectivity index (χ0n) is 8.03. The van der Waals surface area contributed by atoms with Crippen molar-refractivity contribution in [1.29, 1.82) is 0 Å². The second-order valence-electron chi connectivity index (χ2n) is 3.38.